The van der Waals surface area contributed by atoms with Crippen LogP contribution >= 0.6 is 23.2 Å². The van der Waals surface area contributed by atoms with E-state index in [-0.39, 0.29) is 15.8 Å². The van der Waals surface area contributed by atoms with Crippen LogP contribution in [0.25, 0.3) is 0 Å². The van der Waals surface area contributed by atoms with Crippen molar-refractivity contribution < 1.29 is 26.3 Å². The van der Waals surface area contributed by atoms with Crippen LogP contribution in [0.1, 0.15) is 5.56 Å². The summed E-state index contributed by atoms with van der Waals surface area (Å²) < 4.78 is 70.5. The summed E-state index contributed by atoms with van der Waals surface area (Å²) in [5, 5.41) is -0.515. The van der Waals surface area contributed by atoms with E-state index in [4.69, 9.17) is 27.9 Å². The van der Waals surface area contributed by atoms with Crippen LogP contribution in [0, 0.1) is 0 Å². The molecule has 0 bridgehead atoms. The first-order chi connectivity index (χ1) is 11.1. The van der Waals surface area contributed by atoms with Crippen LogP contribution < -0.4 is 9.46 Å². The lowest BCUT2D eigenvalue weighted by Gasteiger charge is -2.16. The van der Waals surface area contributed by atoms with Gasteiger partial charge in [-0.25, -0.2) is 8.42 Å². The van der Waals surface area contributed by atoms with Gasteiger partial charge in [-0.05, 0) is 24.3 Å². The second kappa shape index (κ2) is 6.70. The molecule has 0 saturated heterocycles. The molecule has 2 aromatic rings. The summed E-state index contributed by atoms with van der Waals surface area (Å²) >= 11 is 11.8. The van der Waals surface area contributed by atoms with Crippen molar-refractivity contribution in [2.24, 2.45) is 0 Å². The maximum Gasteiger partial charge on any atom is 0.418 e. The quantitative estimate of drug-likeness (QED) is 0.801. The van der Waals surface area contributed by atoms with E-state index in [1.54, 1.807) is 0 Å². The maximum atomic E-state index is 13.0. The van der Waals surface area contributed by atoms with Crippen molar-refractivity contribution in [1.82, 2.24) is 0 Å². The van der Waals surface area contributed by atoms with Gasteiger partial charge in [0, 0.05) is 0 Å². The minimum atomic E-state index is -4.72. The molecule has 0 fully saturated rings. The van der Waals surface area contributed by atoms with Gasteiger partial charge >= 0.3 is 6.18 Å². The first-order valence-corrected chi connectivity index (χ1v) is 8.53. The van der Waals surface area contributed by atoms with Crippen LogP contribution in [0.2, 0.25) is 10.0 Å². The highest BCUT2D eigenvalue weighted by molar-refractivity contribution is 7.92. The van der Waals surface area contributed by atoms with Gasteiger partial charge in [-0.1, -0.05) is 35.3 Å². The number of anilines is 1. The molecule has 130 valence electrons. The fourth-order valence-corrected chi connectivity index (χ4v) is 3.82. The van der Waals surface area contributed by atoms with Crippen LogP contribution in [-0.2, 0) is 16.2 Å². The number of sulfonamides is 1. The number of rotatable bonds is 4. The SMILES string of the molecule is COc1ccc(S(=O)(=O)Nc2ccccc2C(F)(F)F)c(Cl)c1Cl. The Morgan fingerprint density at radius 1 is 1.04 bits per heavy atom. The molecule has 0 aliphatic heterocycles. The molecule has 0 spiro atoms. The van der Waals surface area contributed by atoms with Crippen molar-refractivity contribution in [2.45, 2.75) is 11.1 Å². The van der Waals surface area contributed by atoms with Crippen molar-refractivity contribution in [3.05, 3.63) is 52.0 Å². The van der Waals surface area contributed by atoms with E-state index in [1.165, 1.54) is 19.2 Å². The highest BCUT2D eigenvalue weighted by atomic mass is 35.5. The van der Waals surface area contributed by atoms with E-state index in [1.807, 2.05) is 4.72 Å². The maximum absolute atomic E-state index is 13.0. The summed E-state index contributed by atoms with van der Waals surface area (Å²) in [7, 11) is -3.09. The lowest BCUT2D eigenvalue weighted by atomic mass is 10.2. The van der Waals surface area contributed by atoms with Crippen molar-refractivity contribution in [3.8, 4) is 5.75 Å². The van der Waals surface area contributed by atoms with Gasteiger partial charge in [-0.2, -0.15) is 13.2 Å². The number of nitrogens with one attached hydrogen (secondary N) is 1. The van der Waals surface area contributed by atoms with Gasteiger partial charge in [0.15, 0.2) is 0 Å². The number of alkyl halides is 3. The van der Waals surface area contributed by atoms with Crippen LogP contribution in [-0.4, -0.2) is 15.5 Å². The summed E-state index contributed by atoms with van der Waals surface area (Å²) in [6.07, 6.45) is -4.72. The van der Waals surface area contributed by atoms with E-state index < -0.39 is 32.3 Å². The lowest BCUT2D eigenvalue weighted by Crippen LogP contribution is -2.17. The topological polar surface area (TPSA) is 55.4 Å². The van der Waals surface area contributed by atoms with Crippen LogP contribution in [0.5, 0.6) is 5.75 Å². The van der Waals surface area contributed by atoms with Crippen LogP contribution in [0.3, 0.4) is 0 Å². The highest BCUT2D eigenvalue weighted by Crippen LogP contribution is 2.39. The Balaban J connectivity index is 2.50. The molecule has 4 nitrogen and oxygen atoms in total. The van der Waals surface area contributed by atoms with Crippen LogP contribution in [0.4, 0.5) is 18.9 Å². The molecule has 0 radical (unpaired) electrons. The summed E-state index contributed by atoms with van der Waals surface area (Å²) in [6, 6.07) is 6.53. The van der Waals surface area contributed by atoms with Crippen molar-refractivity contribution in [3.63, 3.8) is 0 Å². The standard InChI is InChI=1S/C14H10Cl2F3NO3S/c1-23-10-6-7-11(13(16)12(10)15)24(21,22)20-9-5-3-2-4-8(9)14(17,18)19/h2-7,20H,1H3. The Labute approximate surface area is 146 Å². The molecule has 0 atom stereocenters. The number of methoxy groups -OCH3 is 1. The second-order valence-corrected chi connectivity index (χ2v) is 6.95. The first kappa shape index (κ1) is 18.7. The van der Waals surface area contributed by atoms with Gasteiger partial charge < -0.3 is 4.74 Å². The molecule has 0 heterocycles. The molecule has 0 aliphatic carbocycles. The first-order valence-electron chi connectivity index (χ1n) is 6.29. The van der Waals surface area contributed by atoms with Crippen molar-refractivity contribution >= 4 is 38.9 Å². The zero-order valence-electron chi connectivity index (χ0n) is 12.0. The molecule has 2 aromatic carbocycles. The Morgan fingerprint density at radius 2 is 1.67 bits per heavy atom. The van der Waals surface area contributed by atoms with Gasteiger partial charge in [-0.15, -0.1) is 0 Å². The summed E-state index contributed by atoms with van der Waals surface area (Å²) in [5.41, 5.74) is -1.74. The van der Waals surface area contributed by atoms with E-state index in [2.05, 4.69) is 0 Å². The molecule has 0 unspecified atom stereocenters. The number of para-hydroxylation sites is 1. The number of ether oxygens (including phenoxy) is 1. The number of hydrogen-bond donors (Lipinski definition) is 1. The molecule has 1 N–H and O–H groups in total. The van der Waals surface area contributed by atoms with E-state index in [9.17, 15) is 21.6 Å². The van der Waals surface area contributed by atoms with Gasteiger partial charge in [0.05, 0.1) is 23.4 Å². The lowest BCUT2D eigenvalue weighted by molar-refractivity contribution is -0.136. The van der Waals surface area contributed by atoms with Crippen molar-refractivity contribution in [2.75, 3.05) is 11.8 Å². The summed E-state index contributed by atoms with van der Waals surface area (Å²) in [4.78, 5) is -0.466. The molecular formula is C14H10Cl2F3NO3S. The number of halogens is 5. The Bertz CT molecular complexity index is 870. The smallest absolute Gasteiger partial charge is 0.418 e. The Morgan fingerprint density at radius 3 is 2.25 bits per heavy atom. The largest absolute Gasteiger partial charge is 0.495 e. The Kier molecular flexibility index (Phi) is 5.22. The fraction of sp³-hybridized carbons (Fsp3) is 0.143. The third-order valence-corrected chi connectivity index (χ3v) is 5.38. The average molecular weight is 400 g/mol. The van der Waals surface area contributed by atoms with E-state index >= 15 is 0 Å². The monoisotopic (exact) mass is 399 g/mol. The zero-order chi connectivity index (χ0) is 18.1. The molecule has 2 rings (SSSR count). The van der Waals surface area contributed by atoms with Gasteiger partial charge in [0.2, 0.25) is 0 Å². The average Bonchev–Trinajstić information content (AvgIpc) is 2.48. The third kappa shape index (κ3) is 3.71. The second-order valence-electron chi connectivity index (χ2n) is 4.54. The molecule has 0 aliphatic rings. The molecule has 0 saturated carbocycles. The number of benzene rings is 2. The van der Waals surface area contributed by atoms with E-state index in [0.29, 0.717) is 0 Å². The van der Waals surface area contributed by atoms with Crippen molar-refractivity contribution in [1.29, 1.82) is 0 Å². The molecule has 0 aromatic heterocycles. The Hall–Kier alpha value is -1.64. The summed E-state index contributed by atoms with van der Waals surface area (Å²) in [6.45, 7) is 0. The highest BCUT2D eigenvalue weighted by Gasteiger charge is 2.34. The molecule has 0 amide bonds. The predicted octanol–water partition coefficient (Wildman–Crippen LogP) is 4.82. The minimum absolute atomic E-state index is 0.135. The normalized spacial score (nSPS) is 12.1. The van der Waals surface area contributed by atoms with Gasteiger partial charge in [-0.3, -0.25) is 4.72 Å². The van der Waals surface area contributed by atoms with Gasteiger partial charge in [0.25, 0.3) is 10.0 Å². The fourth-order valence-electron chi connectivity index (χ4n) is 1.90. The number of hydrogen-bond acceptors (Lipinski definition) is 3. The third-order valence-electron chi connectivity index (χ3n) is 3.00. The molecular weight excluding hydrogens is 390 g/mol. The summed E-state index contributed by atoms with van der Waals surface area (Å²) in [5.74, 6) is 0.135. The molecule has 10 heteroatoms. The van der Waals surface area contributed by atoms with Crippen LogP contribution in [0.15, 0.2) is 41.3 Å². The molecule has 24 heavy (non-hydrogen) atoms. The van der Waals surface area contributed by atoms with Gasteiger partial charge in [0.1, 0.15) is 15.7 Å². The predicted molar refractivity (Wildman–Crippen MR) is 85.3 cm³/mol. The van der Waals surface area contributed by atoms with E-state index in [0.717, 1.165) is 24.3 Å². The zero-order valence-corrected chi connectivity index (χ0v) is 14.3. The minimum Gasteiger partial charge on any atom is -0.495 e.